The van der Waals surface area contributed by atoms with Crippen LogP contribution in [0, 0.1) is 0 Å². The first-order valence-electron chi connectivity index (χ1n) is 8.32. The first kappa shape index (κ1) is 24.6. The van der Waals surface area contributed by atoms with Crippen LogP contribution in [0.2, 0.25) is 0 Å². The number of nitrogens with one attached hydrogen (secondary N) is 1. The predicted molar refractivity (Wildman–Crippen MR) is 92.6 cm³/mol. The van der Waals surface area contributed by atoms with Crippen molar-refractivity contribution in [1.82, 2.24) is 5.32 Å². The molecule has 0 fully saturated rings. The fourth-order valence-corrected chi connectivity index (χ4v) is 2.59. The molecule has 0 heterocycles. The highest BCUT2D eigenvalue weighted by Gasteiger charge is 2.01. The van der Waals surface area contributed by atoms with Crippen molar-refractivity contribution in [2.75, 3.05) is 18.1 Å². The van der Waals surface area contributed by atoms with Gasteiger partial charge in [-0.2, -0.15) is 0 Å². The maximum atomic E-state index is 11.3. The number of hydrogen-bond donors (Lipinski definition) is 1. The number of carbonyl (C=O) groups is 1. The Hall–Kier alpha value is -0.380. The van der Waals surface area contributed by atoms with Gasteiger partial charge in [-0.1, -0.05) is 48.0 Å². The summed E-state index contributed by atoms with van der Waals surface area (Å²) in [6.07, 6.45) is 5.50. The summed E-state index contributed by atoms with van der Waals surface area (Å²) in [4.78, 5) is 11.2. The summed E-state index contributed by atoms with van der Waals surface area (Å²) in [5.74, 6) is 1.76. The van der Waals surface area contributed by atoms with Gasteiger partial charge in [0.05, 0.1) is 0 Å². The topological polar surface area (TPSA) is 46.2 Å². The summed E-state index contributed by atoms with van der Waals surface area (Å²) in [7, 11) is -0.640. The second-order valence-electron chi connectivity index (χ2n) is 4.01. The molecule has 0 bridgehead atoms. The minimum Gasteiger partial charge on any atom is -0.356 e. The van der Waals surface area contributed by atoms with Crippen LogP contribution in [0.5, 0.6) is 0 Å². The Bertz CT molecular complexity index is 209. The smallest absolute Gasteiger partial charge is 0.219 e. The first-order valence-corrected chi connectivity index (χ1v) is 9.81. The fraction of sp³-hybridized carbons (Fsp3) is 0.938. The molecule has 0 aliphatic rings. The molecule has 0 aliphatic carbocycles. The van der Waals surface area contributed by atoms with Crippen LogP contribution in [-0.4, -0.2) is 28.2 Å². The maximum Gasteiger partial charge on any atom is 0.219 e. The van der Waals surface area contributed by atoms with Crippen molar-refractivity contribution < 1.29 is 9.00 Å². The molecule has 0 saturated heterocycles. The molecular weight excluding hydrogens is 270 g/mol. The third kappa shape index (κ3) is 22.8. The third-order valence-corrected chi connectivity index (χ3v) is 3.89. The fourth-order valence-electron chi connectivity index (χ4n) is 1.41. The molecule has 4 heteroatoms. The van der Waals surface area contributed by atoms with Crippen molar-refractivity contribution >= 4 is 16.7 Å². The second-order valence-corrected chi connectivity index (χ2v) is 5.70. The van der Waals surface area contributed by atoms with Crippen LogP contribution in [-0.2, 0) is 15.6 Å². The third-order valence-electron chi connectivity index (χ3n) is 2.28. The molecule has 0 aromatic carbocycles. The Morgan fingerprint density at radius 1 is 0.900 bits per heavy atom. The summed E-state index contributed by atoms with van der Waals surface area (Å²) in [5, 5.41) is 2.85. The molecular formula is C16H37NO2S. The summed E-state index contributed by atoms with van der Waals surface area (Å²) < 4.78 is 11.3. The van der Waals surface area contributed by atoms with Gasteiger partial charge in [-0.05, 0) is 25.7 Å². The minimum atomic E-state index is -0.640. The molecule has 1 unspecified atom stereocenters. The molecule has 1 atom stereocenters. The Morgan fingerprint density at radius 3 is 2.00 bits per heavy atom. The Morgan fingerprint density at radius 2 is 1.50 bits per heavy atom. The molecule has 0 rings (SSSR count). The highest BCUT2D eigenvalue weighted by molar-refractivity contribution is 7.84. The van der Waals surface area contributed by atoms with Gasteiger partial charge in [0.15, 0.2) is 0 Å². The van der Waals surface area contributed by atoms with E-state index in [4.69, 9.17) is 0 Å². The van der Waals surface area contributed by atoms with E-state index in [9.17, 15) is 9.00 Å². The monoisotopic (exact) mass is 307 g/mol. The zero-order chi connectivity index (χ0) is 16.2. The lowest BCUT2D eigenvalue weighted by atomic mass is 10.2. The molecule has 0 radical (unpaired) electrons. The molecule has 3 nitrogen and oxygen atoms in total. The molecule has 0 saturated carbocycles. The number of carbonyl (C=O) groups excluding carboxylic acids is 1. The number of hydrogen-bond acceptors (Lipinski definition) is 2. The van der Waals surface area contributed by atoms with Gasteiger partial charge in [-0.25, -0.2) is 0 Å². The van der Waals surface area contributed by atoms with E-state index in [2.05, 4.69) is 12.2 Å². The number of unbranched alkanes of at least 4 members (excludes halogenated alkanes) is 2. The average molecular weight is 308 g/mol. The van der Waals surface area contributed by atoms with Gasteiger partial charge in [0.2, 0.25) is 5.91 Å². The van der Waals surface area contributed by atoms with Crippen molar-refractivity contribution in [3.05, 3.63) is 0 Å². The van der Waals surface area contributed by atoms with Crippen LogP contribution in [0.3, 0.4) is 0 Å². The Balaban J connectivity index is -0.000000656. The van der Waals surface area contributed by atoms with E-state index in [-0.39, 0.29) is 5.91 Å². The predicted octanol–water partition coefficient (Wildman–Crippen LogP) is 4.28. The first-order chi connectivity index (χ1) is 9.70. The lowest BCUT2D eigenvalue weighted by Crippen LogP contribution is -2.23. The van der Waals surface area contributed by atoms with E-state index < -0.39 is 10.8 Å². The van der Waals surface area contributed by atoms with Crippen LogP contribution in [0.25, 0.3) is 0 Å². The molecule has 1 N–H and O–H groups in total. The van der Waals surface area contributed by atoms with Crippen LogP contribution in [0.4, 0.5) is 0 Å². The van der Waals surface area contributed by atoms with E-state index in [0.717, 1.165) is 50.2 Å². The summed E-state index contributed by atoms with van der Waals surface area (Å²) >= 11 is 0. The summed E-state index contributed by atoms with van der Waals surface area (Å²) in [6, 6.07) is 0. The number of amides is 1. The lowest BCUT2D eigenvalue weighted by molar-refractivity contribution is -0.121. The molecule has 1 amide bonds. The van der Waals surface area contributed by atoms with Gasteiger partial charge in [0.25, 0.3) is 0 Å². The maximum absolute atomic E-state index is 11.3. The lowest BCUT2D eigenvalue weighted by Gasteiger charge is -2.03. The van der Waals surface area contributed by atoms with Crippen molar-refractivity contribution in [2.24, 2.45) is 0 Å². The summed E-state index contributed by atoms with van der Waals surface area (Å²) in [5.41, 5.74) is 0. The molecule has 20 heavy (non-hydrogen) atoms. The van der Waals surface area contributed by atoms with E-state index in [1.165, 1.54) is 0 Å². The van der Waals surface area contributed by atoms with Crippen molar-refractivity contribution in [3.63, 3.8) is 0 Å². The highest BCUT2D eigenvalue weighted by Crippen LogP contribution is 2.02. The van der Waals surface area contributed by atoms with Crippen LogP contribution < -0.4 is 5.32 Å². The molecule has 0 aliphatic heterocycles. The zero-order valence-electron chi connectivity index (χ0n) is 14.6. The standard InChI is InChI=1S/C12H25NO2S.2C2H6/c1-3-9-13-12(14)8-6-5-7-11-16(15)10-4-2;2*1-2/h3-11H2,1-2H3,(H,13,14);2*1-2H3. The van der Waals surface area contributed by atoms with Crippen LogP contribution in [0.15, 0.2) is 0 Å². The van der Waals surface area contributed by atoms with Crippen molar-refractivity contribution in [2.45, 2.75) is 80.1 Å². The largest absolute Gasteiger partial charge is 0.356 e. The molecule has 0 spiro atoms. The van der Waals surface area contributed by atoms with E-state index >= 15 is 0 Å². The summed E-state index contributed by atoms with van der Waals surface area (Å²) in [6.45, 7) is 12.9. The minimum absolute atomic E-state index is 0.150. The Labute approximate surface area is 129 Å². The zero-order valence-corrected chi connectivity index (χ0v) is 15.4. The average Bonchev–Trinajstić information content (AvgIpc) is 2.49. The normalized spacial score (nSPS) is 10.5. The van der Waals surface area contributed by atoms with Crippen LogP contribution in [0.1, 0.15) is 80.1 Å². The van der Waals surface area contributed by atoms with Gasteiger partial charge in [0.1, 0.15) is 0 Å². The quantitative estimate of drug-likeness (QED) is 0.612. The number of rotatable bonds is 10. The van der Waals surface area contributed by atoms with E-state index in [1.54, 1.807) is 0 Å². The van der Waals surface area contributed by atoms with Crippen LogP contribution >= 0.6 is 0 Å². The van der Waals surface area contributed by atoms with E-state index in [1.807, 2.05) is 34.6 Å². The molecule has 0 aromatic heterocycles. The van der Waals surface area contributed by atoms with Gasteiger partial charge >= 0.3 is 0 Å². The van der Waals surface area contributed by atoms with Crippen molar-refractivity contribution in [1.29, 1.82) is 0 Å². The highest BCUT2D eigenvalue weighted by atomic mass is 32.2. The Kier molecular flexibility index (Phi) is 29.2. The second kappa shape index (κ2) is 23.7. The molecule has 0 aromatic rings. The van der Waals surface area contributed by atoms with Gasteiger partial charge in [-0.3, -0.25) is 9.00 Å². The van der Waals surface area contributed by atoms with Gasteiger partial charge in [-0.15, -0.1) is 0 Å². The van der Waals surface area contributed by atoms with Crippen molar-refractivity contribution in [3.8, 4) is 0 Å². The SMILES string of the molecule is CC.CC.CCCNC(=O)CCCCCS(=O)CCC. The van der Waals surface area contributed by atoms with Gasteiger partial charge < -0.3 is 5.32 Å². The van der Waals surface area contributed by atoms with Gasteiger partial charge in [0, 0.05) is 35.3 Å². The van der Waals surface area contributed by atoms with E-state index in [0.29, 0.717) is 6.42 Å². The molecule has 124 valence electrons.